The van der Waals surface area contributed by atoms with Gasteiger partial charge >= 0.3 is 5.97 Å². The van der Waals surface area contributed by atoms with Gasteiger partial charge < -0.3 is 25.1 Å². The van der Waals surface area contributed by atoms with Crippen LogP contribution in [0.4, 0.5) is 5.69 Å². The average molecular weight is 419 g/mol. The number of benzene rings is 3. The van der Waals surface area contributed by atoms with Gasteiger partial charge in [-0.2, -0.15) is 0 Å². The van der Waals surface area contributed by atoms with Gasteiger partial charge in [0.1, 0.15) is 11.3 Å². The van der Waals surface area contributed by atoms with Crippen LogP contribution in [-0.2, 0) is 0 Å². The van der Waals surface area contributed by atoms with Crippen LogP contribution < -0.4 is 10.7 Å². The van der Waals surface area contributed by atoms with Crippen LogP contribution in [0.3, 0.4) is 0 Å². The molecule has 1 unspecified atom stereocenters. The number of anilines is 1. The highest BCUT2D eigenvalue weighted by molar-refractivity contribution is 6.07. The number of fused-ring (bicyclic) bond motifs is 2. The van der Waals surface area contributed by atoms with Crippen molar-refractivity contribution in [2.75, 3.05) is 11.9 Å². The van der Waals surface area contributed by atoms with Crippen molar-refractivity contribution >= 4 is 22.6 Å². The SMILES string of the molecule is CC(CNc1ccc2c(-c3ccccc3C(=O)O)c3ccc(=O)cc-3oc2c1)C(O)O. The molecular weight excluding hydrogens is 398 g/mol. The molecule has 1 aliphatic carbocycles. The summed E-state index contributed by atoms with van der Waals surface area (Å²) >= 11 is 0. The summed E-state index contributed by atoms with van der Waals surface area (Å²) in [5.74, 6) is -1.08. The van der Waals surface area contributed by atoms with Crippen LogP contribution in [0.2, 0.25) is 0 Å². The highest BCUT2D eigenvalue weighted by atomic mass is 16.5. The van der Waals surface area contributed by atoms with Crippen LogP contribution in [0.1, 0.15) is 17.3 Å². The number of carbonyl (C=O) groups is 1. The summed E-state index contributed by atoms with van der Waals surface area (Å²) in [5.41, 5.74) is 2.92. The van der Waals surface area contributed by atoms with E-state index in [1.165, 1.54) is 12.1 Å². The maximum Gasteiger partial charge on any atom is 0.336 e. The third kappa shape index (κ3) is 4.01. The second-order valence-electron chi connectivity index (χ2n) is 7.47. The number of hydrogen-bond acceptors (Lipinski definition) is 6. The lowest BCUT2D eigenvalue weighted by atomic mass is 9.91. The van der Waals surface area contributed by atoms with E-state index in [0.717, 1.165) is 0 Å². The first kappa shape index (κ1) is 20.6. The van der Waals surface area contributed by atoms with E-state index in [4.69, 9.17) is 4.42 Å². The summed E-state index contributed by atoms with van der Waals surface area (Å²) in [6.45, 7) is 2.03. The molecule has 0 spiro atoms. The van der Waals surface area contributed by atoms with Gasteiger partial charge in [-0.25, -0.2) is 4.79 Å². The third-order valence-electron chi connectivity index (χ3n) is 5.26. The van der Waals surface area contributed by atoms with Crippen molar-refractivity contribution in [1.29, 1.82) is 0 Å². The number of aliphatic hydroxyl groups is 2. The molecule has 0 radical (unpaired) electrons. The molecule has 2 aliphatic rings. The molecule has 158 valence electrons. The Labute approximate surface area is 177 Å². The Morgan fingerprint density at radius 2 is 1.81 bits per heavy atom. The van der Waals surface area contributed by atoms with Crippen molar-refractivity contribution < 1.29 is 24.5 Å². The summed E-state index contributed by atoms with van der Waals surface area (Å²) in [7, 11) is 0. The van der Waals surface area contributed by atoms with Crippen molar-refractivity contribution in [2.24, 2.45) is 5.92 Å². The van der Waals surface area contributed by atoms with Gasteiger partial charge in [0.2, 0.25) is 0 Å². The largest absolute Gasteiger partial charge is 0.478 e. The van der Waals surface area contributed by atoms with E-state index in [9.17, 15) is 24.9 Å². The molecule has 0 bridgehead atoms. The van der Waals surface area contributed by atoms with Crippen molar-refractivity contribution in [2.45, 2.75) is 13.2 Å². The summed E-state index contributed by atoms with van der Waals surface area (Å²) in [4.78, 5) is 23.8. The molecule has 0 amide bonds. The van der Waals surface area contributed by atoms with Crippen LogP contribution in [0.15, 0.2) is 69.9 Å². The zero-order valence-corrected chi connectivity index (χ0v) is 16.7. The molecule has 1 atom stereocenters. The van der Waals surface area contributed by atoms with Crippen molar-refractivity contribution in [3.05, 3.63) is 76.5 Å². The molecule has 0 aromatic heterocycles. The van der Waals surface area contributed by atoms with Crippen LogP contribution >= 0.6 is 0 Å². The minimum Gasteiger partial charge on any atom is -0.478 e. The number of nitrogens with one attached hydrogen (secondary N) is 1. The van der Waals surface area contributed by atoms with E-state index >= 15 is 0 Å². The Kier molecular flexibility index (Phi) is 5.46. The molecule has 0 saturated heterocycles. The Morgan fingerprint density at radius 1 is 1.03 bits per heavy atom. The molecule has 1 aliphatic heterocycles. The molecule has 4 rings (SSSR count). The molecule has 4 N–H and O–H groups in total. The molecule has 7 heteroatoms. The Balaban J connectivity index is 1.94. The standard InChI is InChI=1S/C24H21NO6/c1-13(23(27)28)12-25-14-6-8-18-20(10-14)31-21-11-15(26)7-9-19(21)22(18)16-4-2-3-5-17(16)24(29)30/h2-11,13,23,25,27-28H,12H2,1H3,(H,29,30). The number of carboxylic acid groups (broad SMARTS) is 1. The lowest BCUT2D eigenvalue weighted by molar-refractivity contribution is -0.0745. The van der Waals surface area contributed by atoms with E-state index in [1.54, 1.807) is 43.3 Å². The van der Waals surface area contributed by atoms with Crippen LogP contribution in [0, 0.1) is 5.92 Å². The van der Waals surface area contributed by atoms with Crippen LogP contribution in [-0.4, -0.2) is 34.1 Å². The van der Waals surface area contributed by atoms with Gasteiger partial charge in [-0.15, -0.1) is 0 Å². The molecule has 7 nitrogen and oxygen atoms in total. The van der Waals surface area contributed by atoms with E-state index in [-0.39, 0.29) is 16.9 Å². The maximum absolute atomic E-state index is 11.9. The fraction of sp³-hybridized carbons (Fsp3) is 0.167. The van der Waals surface area contributed by atoms with Gasteiger partial charge in [0.25, 0.3) is 0 Å². The highest BCUT2D eigenvalue weighted by Gasteiger charge is 2.21. The van der Waals surface area contributed by atoms with E-state index in [0.29, 0.717) is 45.7 Å². The Bertz CT molecular complexity index is 1290. The number of carboxylic acids is 1. The Morgan fingerprint density at radius 3 is 2.55 bits per heavy atom. The Hall–Kier alpha value is -3.68. The number of hydrogen-bond donors (Lipinski definition) is 4. The molecule has 1 heterocycles. The topological polar surface area (TPSA) is 120 Å². The lowest BCUT2D eigenvalue weighted by Gasteiger charge is -2.18. The average Bonchev–Trinajstić information content (AvgIpc) is 2.75. The van der Waals surface area contributed by atoms with E-state index < -0.39 is 12.3 Å². The second kappa shape index (κ2) is 8.22. The summed E-state index contributed by atoms with van der Waals surface area (Å²) in [6.07, 6.45) is -1.43. The molecule has 0 saturated carbocycles. The fourth-order valence-corrected chi connectivity index (χ4v) is 3.54. The summed E-state index contributed by atoms with van der Waals surface area (Å²) in [6, 6.07) is 16.5. The molecule has 0 fully saturated rings. The third-order valence-corrected chi connectivity index (χ3v) is 5.26. The minimum atomic E-state index is -1.43. The molecule has 31 heavy (non-hydrogen) atoms. The zero-order valence-electron chi connectivity index (χ0n) is 16.7. The van der Waals surface area contributed by atoms with Gasteiger partial charge in [0.05, 0.1) is 5.56 Å². The normalized spacial score (nSPS) is 12.4. The quantitative estimate of drug-likeness (QED) is 0.278. The van der Waals surface area contributed by atoms with E-state index in [1.807, 2.05) is 12.1 Å². The predicted octanol–water partition coefficient (Wildman–Crippen LogP) is 3.62. The minimum absolute atomic E-state index is 0.149. The first-order valence-electron chi connectivity index (χ1n) is 9.78. The lowest BCUT2D eigenvalue weighted by Crippen LogP contribution is -2.24. The number of aliphatic hydroxyl groups excluding tert-OH is 1. The first-order valence-corrected chi connectivity index (χ1v) is 9.78. The first-order chi connectivity index (χ1) is 14.8. The zero-order chi connectivity index (χ0) is 22.1. The van der Waals surface area contributed by atoms with Crippen molar-refractivity contribution in [3.8, 4) is 22.5 Å². The molecule has 2 aromatic rings. The predicted molar refractivity (Wildman–Crippen MR) is 117 cm³/mol. The molecule has 2 aromatic carbocycles. The highest BCUT2D eigenvalue weighted by Crippen LogP contribution is 2.41. The van der Waals surface area contributed by atoms with Gasteiger partial charge in [-0.1, -0.05) is 25.1 Å². The smallest absolute Gasteiger partial charge is 0.336 e. The van der Waals surface area contributed by atoms with Gasteiger partial charge in [-0.3, -0.25) is 4.79 Å². The van der Waals surface area contributed by atoms with Crippen LogP contribution in [0.25, 0.3) is 33.4 Å². The van der Waals surface area contributed by atoms with Crippen molar-refractivity contribution in [1.82, 2.24) is 0 Å². The summed E-state index contributed by atoms with van der Waals surface area (Å²) in [5, 5.41) is 32.1. The molecular formula is C24H21NO6. The van der Waals surface area contributed by atoms with Gasteiger partial charge in [0, 0.05) is 46.8 Å². The van der Waals surface area contributed by atoms with E-state index in [2.05, 4.69) is 5.32 Å². The fourth-order valence-electron chi connectivity index (χ4n) is 3.54. The summed E-state index contributed by atoms with van der Waals surface area (Å²) < 4.78 is 6.00. The monoisotopic (exact) mass is 419 g/mol. The number of aromatic carboxylic acids is 1. The number of rotatable bonds is 6. The second-order valence-corrected chi connectivity index (χ2v) is 7.47. The van der Waals surface area contributed by atoms with Gasteiger partial charge in [-0.05, 0) is 35.9 Å². The van der Waals surface area contributed by atoms with Crippen molar-refractivity contribution in [3.63, 3.8) is 0 Å². The van der Waals surface area contributed by atoms with Crippen LogP contribution in [0.5, 0.6) is 0 Å². The maximum atomic E-state index is 11.9. The van der Waals surface area contributed by atoms with Gasteiger partial charge in [0.15, 0.2) is 11.7 Å².